The number of hydrogen-bond acceptors (Lipinski definition) is 5. The number of terminal acetylenes is 1. The summed E-state index contributed by atoms with van der Waals surface area (Å²) in [6, 6.07) is 10.5. The van der Waals surface area contributed by atoms with Crippen molar-refractivity contribution in [1.82, 2.24) is 5.32 Å². The number of carbonyl (C=O) groups excluding carboxylic acids is 1. The first-order valence-electron chi connectivity index (χ1n) is 6.93. The molecule has 0 aliphatic rings. The average molecular weight is 359 g/mol. The summed E-state index contributed by atoms with van der Waals surface area (Å²) in [5.41, 5.74) is -0.252. The highest BCUT2D eigenvalue weighted by molar-refractivity contribution is 7.92. The molecule has 0 atom stereocenters. The van der Waals surface area contributed by atoms with Crippen LogP contribution in [0.1, 0.15) is 10.4 Å². The molecule has 1 amide bonds. The van der Waals surface area contributed by atoms with Gasteiger partial charge >= 0.3 is 0 Å². The van der Waals surface area contributed by atoms with Crippen molar-refractivity contribution in [2.24, 2.45) is 0 Å². The van der Waals surface area contributed by atoms with Crippen LogP contribution in [0.3, 0.4) is 0 Å². The number of anilines is 1. The third-order valence-electron chi connectivity index (χ3n) is 3.11. The van der Waals surface area contributed by atoms with Gasteiger partial charge in [0.2, 0.25) is 0 Å². The van der Waals surface area contributed by atoms with Gasteiger partial charge < -0.3 is 5.32 Å². The third-order valence-corrected chi connectivity index (χ3v) is 4.47. The Labute approximate surface area is 144 Å². The van der Waals surface area contributed by atoms with Crippen molar-refractivity contribution >= 4 is 27.3 Å². The lowest BCUT2D eigenvalue weighted by Crippen LogP contribution is -2.25. The number of nitro benzene ring substituents is 1. The molecule has 2 rings (SSSR count). The van der Waals surface area contributed by atoms with E-state index in [0.717, 1.165) is 6.07 Å². The van der Waals surface area contributed by atoms with Crippen LogP contribution in [0.15, 0.2) is 53.4 Å². The summed E-state index contributed by atoms with van der Waals surface area (Å²) < 4.78 is 27.2. The zero-order valence-corrected chi connectivity index (χ0v) is 13.6. The molecule has 128 valence electrons. The molecule has 0 unspecified atom stereocenters. The van der Waals surface area contributed by atoms with Crippen molar-refractivity contribution in [1.29, 1.82) is 0 Å². The quantitative estimate of drug-likeness (QED) is 0.463. The van der Waals surface area contributed by atoms with Crippen molar-refractivity contribution in [3.63, 3.8) is 0 Å². The lowest BCUT2D eigenvalue weighted by atomic mass is 10.2. The monoisotopic (exact) mass is 359 g/mol. The third kappa shape index (κ3) is 4.33. The van der Waals surface area contributed by atoms with Crippen LogP contribution in [0, 0.1) is 22.5 Å². The Morgan fingerprint density at radius 2 is 1.92 bits per heavy atom. The summed E-state index contributed by atoms with van der Waals surface area (Å²) in [4.78, 5) is 21.9. The summed E-state index contributed by atoms with van der Waals surface area (Å²) >= 11 is 0. The minimum absolute atomic E-state index is 0.00913. The van der Waals surface area contributed by atoms with Gasteiger partial charge in [-0.15, -0.1) is 6.42 Å². The van der Waals surface area contributed by atoms with Crippen molar-refractivity contribution in [2.45, 2.75) is 4.90 Å². The fourth-order valence-electron chi connectivity index (χ4n) is 1.96. The number of nitrogens with one attached hydrogen (secondary N) is 2. The summed E-state index contributed by atoms with van der Waals surface area (Å²) in [5, 5.41) is 13.2. The maximum Gasteiger partial charge on any atom is 0.270 e. The van der Waals surface area contributed by atoms with Gasteiger partial charge in [0.1, 0.15) is 0 Å². The second kappa shape index (κ2) is 7.46. The Hall–Kier alpha value is -3.38. The van der Waals surface area contributed by atoms with Crippen LogP contribution in [0.5, 0.6) is 0 Å². The molecule has 2 aromatic rings. The molecule has 0 saturated heterocycles. The van der Waals surface area contributed by atoms with Crippen molar-refractivity contribution in [3.8, 4) is 12.3 Å². The van der Waals surface area contributed by atoms with Gasteiger partial charge in [-0.25, -0.2) is 8.42 Å². The van der Waals surface area contributed by atoms with E-state index in [4.69, 9.17) is 6.42 Å². The van der Waals surface area contributed by atoms with E-state index in [1.54, 1.807) is 12.1 Å². The van der Waals surface area contributed by atoms with Crippen LogP contribution >= 0.6 is 0 Å². The van der Waals surface area contributed by atoms with Crippen LogP contribution in [0.4, 0.5) is 11.4 Å². The molecular formula is C16H13N3O5S. The average Bonchev–Trinajstić information content (AvgIpc) is 2.60. The Bertz CT molecular complexity index is 964. The molecule has 0 spiro atoms. The molecule has 0 heterocycles. The van der Waals surface area contributed by atoms with E-state index >= 15 is 0 Å². The van der Waals surface area contributed by atoms with Gasteiger partial charge in [-0.2, -0.15) is 0 Å². The molecule has 8 nitrogen and oxygen atoms in total. The van der Waals surface area contributed by atoms with Gasteiger partial charge in [0, 0.05) is 12.1 Å². The van der Waals surface area contributed by atoms with E-state index in [1.165, 1.54) is 30.3 Å². The largest absolute Gasteiger partial charge is 0.341 e. The second-order valence-electron chi connectivity index (χ2n) is 4.79. The van der Waals surface area contributed by atoms with E-state index in [1.807, 2.05) is 0 Å². The highest BCUT2D eigenvalue weighted by Crippen LogP contribution is 2.22. The Balaban J connectivity index is 2.36. The van der Waals surface area contributed by atoms with Gasteiger partial charge in [0.05, 0.1) is 27.6 Å². The first-order chi connectivity index (χ1) is 11.8. The van der Waals surface area contributed by atoms with Crippen molar-refractivity contribution < 1.29 is 18.1 Å². The fraction of sp³-hybridized carbons (Fsp3) is 0.0625. The Kier molecular flexibility index (Phi) is 5.36. The van der Waals surface area contributed by atoms with Crippen LogP contribution in [0.25, 0.3) is 0 Å². The maximum absolute atomic E-state index is 12.5. The standard InChI is InChI=1S/C16H13N3O5S/c1-2-10-17-16(20)14-8-3-4-9-15(14)18-25(23,24)13-7-5-6-12(11-13)19(21)22/h1,3-9,11,18H,10H2,(H,17,20). The Morgan fingerprint density at radius 1 is 1.20 bits per heavy atom. The second-order valence-corrected chi connectivity index (χ2v) is 6.47. The fourth-order valence-corrected chi connectivity index (χ4v) is 3.08. The number of sulfonamides is 1. The van der Waals surface area contributed by atoms with E-state index in [0.29, 0.717) is 0 Å². The summed E-state index contributed by atoms with van der Waals surface area (Å²) in [5.74, 6) is 1.70. The van der Waals surface area contributed by atoms with Crippen LogP contribution in [0.2, 0.25) is 0 Å². The first kappa shape index (κ1) is 18.0. The minimum atomic E-state index is -4.12. The number of carbonyl (C=O) groups is 1. The number of amides is 1. The summed E-state index contributed by atoms with van der Waals surface area (Å²) in [6.07, 6.45) is 5.08. The molecule has 0 fully saturated rings. The minimum Gasteiger partial charge on any atom is -0.341 e. The van der Waals surface area contributed by atoms with Gasteiger partial charge in [-0.1, -0.05) is 24.1 Å². The molecule has 2 aromatic carbocycles. The van der Waals surface area contributed by atoms with Crippen LogP contribution in [-0.2, 0) is 10.0 Å². The van der Waals surface area contributed by atoms with Gasteiger partial charge in [0.15, 0.2) is 0 Å². The van der Waals surface area contributed by atoms with E-state index in [2.05, 4.69) is 16.0 Å². The molecule has 0 bridgehead atoms. The number of nitro groups is 1. The number of rotatable bonds is 6. The smallest absolute Gasteiger partial charge is 0.270 e. The summed E-state index contributed by atoms with van der Waals surface area (Å²) in [7, 11) is -4.12. The number of hydrogen-bond donors (Lipinski definition) is 2. The molecule has 9 heteroatoms. The lowest BCUT2D eigenvalue weighted by Gasteiger charge is -2.12. The molecule has 0 aromatic heterocycles. The molecule has 0 aliphatic carbocycles. The SMILES string of the molecule is C#CCNC(=O)c1ccccc1NS(=O)(=O)c1cccc([N+](=O)[O-])c1. The van der Waals surface area contributed by atoms with Crippen LogP contribution in [-0.4, -0.2) is 25.8 Å². The van der Waals surface area contributed by atoms with E-state index < -0.39 is 20.9 Å². The molecule has 0 aliphatic heterocycles. The molecule has 0 radical (unpaired) electrons. The van der Waals surface area contributed by atoms with Gasteiger partial charge in [-0.05, 0) is 18.2 Å². The zero-order valence-electron chi connectivity index (χ0n) is 12.8. The molecule has 0 saturated carbocycles. The highest BCUT2D eigenvalue weighted by Gasteiger charge is 2.20. The molecular weight excluding hydrogens is 346 g/mol. The van der Waals surface area contributed by atoms with Crippen LogP contribution < -0.4 is 10.0 Å². The normalized spacial score (nSPS) is 10.5. The topological polar surface area (TPSA) is 118 Å². The van der Waals surface area contributed by atoms with Gasteiger partial charge in [0.25, 0.3) is 21.6 Å². The summed E-state index contributed by atoms with van der Waals surface area (Å²) in [6.45, 7) is -0.00913. The molecule has 2 N–H and O–H groups in total. The predicted molar refractivity (Wildman–Crippen MR) is 91.5 cm³/mol. The van der Waals surface area contributed by atoms with E-state index in [9.17, 15) is 23.3 Å². The number of non-ortho nitro benzene ring substituents is 1. The zero-order chi connectivity index (χ0) is 18.4. The maximum atomic E-state index is 12.5. The molecule has 25 heavy (non-hydrogen) atoms. The number of para-hydroxylation sites is 1. The first-order valence-corrected chi connectivity index (χ1v) is 8.41. The lowest BCUT2D eigenvalue weighted by molar-refractivity contribution is -0.385. The predicted octanol–water partition coefficient (Wildman–Crippen LogP) is 1.76. The van der Waals surface area contributed by atoms with Crippen molar-refractivity contribution in [2.75, 3.05) is 11.3 Å². The highest BCUT2D eigenvalue weighted by atomic mass is 32.2. The number of nitrogens with zero attached hydrogens (tertiary/aromatic N) is 1. The van der Waals surface area contributed by atoms with E-state index in [-0.39, 0.29) is 28.4 Å². The van der Waals surface area contributed by atoms with Gasteiger partial charge in [-0.3, -0.25) is 19.6 Å². The van der Waals surface area contributed by atoms with Crippen molar-refractivity contribution in [3.05, 3.63) is 64.2 Å². The Morgan fingerprint density at radius 3 is 2.60 bits per heavy atom. The number of benzene rings is 2.